The van der Waals surface area contributed by atoms with Crippen LogP contribution in [0, 0.1) is 20.8 Å². The van der Waals surface area contributed by atoms with Gasteiger partial charge in [0.1, 0.15) is 5.75 Å². The Kier molecular flexibility index (Phi) is 9.07. The normalized spacial score (nSPS) is 16.5. The third-order valence-electron chi connectivity index (χ3n) is 7.58. The summed E-state index contributed by atoms with van der Waals surface area (Å²) < 4.78 is 29.7. The summed E-state index contributed by atoms with van der Waals surface area (Å²) >= 11 is 6.41. The summed E-state index contributed by atoms with van der Waals surface area (Å²) in [5.41, 5.74) is 4.86. The second-order valence-corrected chi connectivity index (χ2v) is 12.9. The minimum atomic E-state index is -3.90. The highest BCUT2D eigenvalue weighted by Gasteiger charge is 2.29. The molecule has 0 radical (unpaired) electrons. The van der Waals surface area contributed by atoms with Gasteiger partial charge in [-0.3, -0.25) is 4.31 Å². The van der Waals surface area contributed by atoms with E-state index >= 15 is 0 Å². The molecule has 0 aliphatic carbocycles. The number of hydrogen-bond donors (Lipinski definition) is 1. The highest BCUT2D eigenvalue weighted by molar-refractivity contribution is 7.92. The Hall–Kier alpha value is -2.54. The van der Waals surface area contributed by atoms with E-state index in [2.05, 4.69) is 11.8 Å². The fourth-order valence-corrected chi connectivity index (χ4v) is 7.72. The molecule has 4 rings (SSSR count). The zero-order chi connectivity index (χ0) is 27.4. The van der Waals surface area contributed by atoms with Crippen LogP contribution in [0.15, 0.2) is 59.5 Å². The predicted molar refractivity (Wildman–Crippen MR) is 157 cm³/mol. The van der Waals surface area contributed by atoms with Gasteiger partial charge in [0.2, 0.25) is 0 Å². The second kappa shape index (κ2) is 12.1. The Morgan fingerprint density at radius 1 is 1.00 bits per heavy atom. The minimum Gasteiger partial charge on any atom is -0.508 e. The number of aromatic hydroxyl groups is 1. The van der Waals surface area contributed by atoms with Gasteiger partial charge in [-0.2, -0.15) is 0 Å². The maximum atomic E-state index is 14.2. The lowest BCUT2D eigenvalue weighted by molar-refractivity contribution is 0.159. The molecular formula is C31H39ClN2O3S. The fourth-order valence-electron chi connectivity index (χ4n) is 5.62. The third kappa shape index (κ3) is 6.53. The summed E-state index contributed by atoms with van der Waals surface area (Å²) in [7, 11) is -3.90. The fraction of sp³-hybridized carbons (Fsp3) is 0.419. The molecule has 1 unspecified atom stereocenters. The Bertz CT molecular complexity index is 1350. The molecule has 204 valence electrons. The molecule has 38 heavy (non-hydrogen) atoms. The van der Waals surface area contributed by atoms with Crippen LogP contribution in [-0.2, 0) is 23.0 Å². The van der Waals surface area contributed by atoms with Gasteiger partial charge in [0.15, 0.2) is 0 Å². The molecule has 0 bridgehead atoms. The highest BCUT2D eigenvalue weighted by atomic mass is 35.5. The number of likely N-dealkylation sites (tertiary alicyclic amines) is 1. The van der Waals surface area contributed by atoms with Crippen LogP contribution in [0.5, 0.6) is 5.75 Å². The van der Waals surface area contributed by atoms with E-state index in [1.54, 1.807) is 6.07 Å². The number of phenols is 1. The zero-order valence-electron chi connectivity index (χ0n) is 22.9. The van der Waals surface area contributed by atoms with Crippen molar-refractivity contribution in [3.63, 3.8) is 0 Å². The van der Waals surface area contributed by atoms with Crippen molar-refractivity contribution in [3.8, 4) is 5.75 Å². The van der Waals surface area contributed by atoms with Crippen molar-refractivity contribution in [2.24, 2.45) is 0 Å². The first-order valence-corrected chi connectivity index (χ1v) is 15.3. The summed E-state index contributed by atoms with van der Waals surface area (Å²) in [6, 6.07) is 16.9. The third-order valence-corrected chi connectivity index (χ3v) is 10.0. The number of rotatable bonds is 9. The summed E-state index contributed by atoms with van der Waals surface area (Å²) in [6.45, 7) is 10.3. The molecule has 0 aromatic heterocycles. The van der Waals surface area contributed by atoms with Gasteiger partial charge in [-0.05, 0) is 113 Å². The first kappa shape index (κ1) is 28.5. The van der Waals surface area contributed by atoms with Gasteiger partial charge in [0.05, 0.1) is 17.1 Å². The molecule has 1 N–H and O–H groups in total. The number of anilines is 1. The van der Waals surface area contributed by atoms with Crippen molar-refractivity contribution in [2.75, 3.05) is 17.4 Å². The first-order valence-electron chi connectivity index (χ1n) is 13.5. The Morgan fingerprint density at radius 3 is 2.32 bits per heavy atom. The van der Waals surface area contributed by atoms with Crippen molar-refractivity contribution in [2.45, 2.75) is 77.3 Å². The van der Waals surface area contributed by atoms with Crippen molar-refractivity contribution in [1.82, 2.24) is 4.90 Å². The van der Waals surface area contributed by atoms with Gasteiger partial charge in [0.25, 0.3) is 10.0 Å². The lowest BCUT2D eigenvalue weighted by Gasteiger charge is -2.33. The number of aryl methyl sites for hydroxylation is 4. The number of phenolic OH excluding ortho intramolecular Hbond substituents is 1. The van der Waals surface area contributed by atoms with E-state index in [0.29, 0.717) is 38.3 Å². The molecule has 0 spiro atoms. The topological polar surface area (TPSA) is 60.9 Å². The molecule has 5 nitrogen and oxygen atoms in total. The van der Waals surface area contributed by atoms with Crippen LogP contribution in [0.4, 0.5) is 5.69 Å². The maximum Gasteiger partial charge on any atom is 0.265 e. The molecule has 7 heteroatoms. The number of hydrogen-bond acceptors (Lipinski definition) is 4. The van der Waals surface area contributed by atoms with Crippen molar-refractivity contribution >= 4 is 27.3 Å². The lowest BCUT2D eigenvalue weighted by Crippen LogP contribution is -2.38. The number of nitrogens with zero attached hydrogens (tertiary/aromatic N) is 2. The Labute approximate surface area is 233 Å². The molecule has 3 aromatic carbocycles. The van der Waals surface area contributed by atoms with Crippen LogP contribution in [0.25, 0.3) is 0 Å². The highest BCUT2D eigenvalue weighted by Crippen LogP contribution is 2.33. The van der Waals surface area contributed by atoms with E-state index in [1.807, 2.05) is 57.2 Å². The summed E-state index contributed by atoms with van der Waals surface area (Å²) in [6.07, 6.45) is 5.93. The maximum absolute atomic E-state index is 14.2. The van der Waals surface area contributed by atoms with Gasteiger partial charge in [-0.1, -0.05) is 53.9 Å². The van der Waals surface area contributed by atoms with E-state index in [9.17, 15) is 13.5 Å². The first-order chi connectivity index (χ1) is 18.1. The van der Waals surface area contributed by atoms with E-state index in [0.717, 1.165) is 24.9 Å². The number of piperidine rings is 1. The van der Waals surface area contributed by atoms with Gasteiger partial charge in [-0.15, -0.1) is 0 Å². The summed E-state index contributed by atoms with van der Waals surface area (Å²) in [5.74, 6) is 0.0432. The van der Waals surface area contributed by atoms with E-state index in [4.69, 9.17) is 11.6 Å². The number of halogens is 1. The van der Waals surface area contributed by atoms with E-state index in [1.165, 1.54) is 47.8 Å². The Balaban J connectivity index is 1.61. The molecule has 3 aromatic rings. The van der Waals surface area contributed by atoms with Crippen molar-refractivity contribution in [1.29, 1.82) is 0 Å². The van der Waals surface area contributed by atoms with Crippen LogP contribution < -0.4 is 4.31 Å². The average molecular weight is 555 g/mol. The quantitative estimate of drug-likeness (QED) is 0.304. The monoisotopic (exact) mass is 554 g/mol. The van der Waals surface area contributed by atoms with Gasteiger partial charge in [-0.25, -0.2) is 8.42 Å². The molecule has 1 aliphatic heterocycles. The largest absolute Gasteiger partial charge is 0.508 e. The van der Waals surface area contributed by atoms with E-state index in [-0.39, 0.29) is 12.3 Å². The SMILES string of the molecule is Cc1cc(C)c(S(=O)(=O)N(Cc2ccc(O)cc2Cl)c2ccc(CCCN3CCCCC3C)cc2)c(C)c1. The minimum absolute atomic E-state index is 0.0432. The molecule has 0 saturated carbocycles. The lowest BCUT2D eigenvalue weighted by atomic mass is 10.0. The summed E-state index contributed by atoms with van der Waals surface area (Å²) in [5, 5.41) is 10.1. The van der Waals surface area contributed by atoms with Crippen LogP contribution in [-0.4, -0.2) is 37.6 Å². The number of benzene rings is 3. The summed E-state index contributed by atoms with van der Waals surface area (Å²) in [4.78, 5) is 2.90. The van der Waals surface area contributed by atoms with Gasteiger partial charge in [0, 0.05) is 11.1 Å². The Morgan fingerprint density at radius 2 is 1.68 bits per heavy atom. The van der Waals surface area contributed by atoms with Crippen LogP contribution in [0.1, 0.15) is 60.4 Å². The molecule has 1 aliphatic rings. The molecule has 1 heterocycles. The van der Waals surface area contributed by atoms with E-state index < -0.39 is 10.0 Å². The van der Waals surface area contributed by atoms with Crippen molar-refractivity contribution < 1.29 is 13.5 Å². The molecule has 0 amide bonds. The van der Waals surface area contributed by atoms with Gasteiger partial charge < -0.3 is 10.0 Å². The predicted octanol–water partition coefficient (Wildman–Crippen LogP) is 7.17. The molecule has 1 atom stereocenters. The molecule has 1 saturated heterocycles. The van der Waals surface area contributed by atoms with Crippen LogP contribution >= 0.6 is 11.6 Å². The smallest absolute Gasteiger partial charge is 0.265 e. The standard InChI is InChI=1S/C31H39ClN2O3S/c1-22-18-23(2)31(24(3)19-22)38(36,37)34(21-27-12-15-29(35)20-30(27)32)28-13-10-26(11-14-28)9-7-17-33-16-6-5-8-25(33)4/h10-15,18-20,25,35H,5-9,16-17,21H2,1-4H3. The number of sulfonamides is 1. The molecule has 1 fully saturated rings. The van der Waals surface area contributed by atoms with Crippen LogP contribution in [0.2, 0.25) is 5.02 Å². The second-order valence-electron chi connectivity index (χ2n) is 10.7. The van der Waals surface area contributed by atoms with Crippen LogP contribution in [0.3, 0.4) is 0 Å². The molecular weight excluding hydrogens is 516 g/mol. The van der Waals surface area contributed by atoms with Crippen molar-refractivity contribution in [3.05, 3.63) is 87.4 Å². The van der Waals surface area contributed by atoms with Gasteiger partial charge >= 0.3 is 0 Å². The zero-order valence-corrected chi connectivity index (χ0v) is 24.4. The average Bonchev–Trinajstić information content (AvgIpc) is 2.84.